The van der Waals surface area contributed by atoms with Gasteiger partial charge in [-0.3, -0.25) is 0 Å². The maximum absolute atomic E-state index is 2.62. The van der Waals surface area contributed by atoms with E-state index in [4.69, 9.17) is 0 Å². The van der Waals surface area contributed by atoms with E-state index in [1.807, 2.05) is 0 Å². The number of unbranched alkanes of at least 4 members (excludes halogenated alkanes) is 21. The van der Waals surface area contributed by atoms with Crippen molar-refractivity contribution < 1.29 is 0 Å². The summed E-state index contributed by atoms with van der Waals surface area (Å²) in [6, 6.07) is 0. The van der Waals surface area contributed by atoms with Gasteiger partial charge < -0.3 is 9.80 Å². The molecule has 0 aromatic rings. The van der Waals surface area contributed by atoms with Crippen molar-refractivity contribution in [3.8, 4) is 0 Å². The predicted octanol–water partition coefficient (Wildman–Crippen LogP) is 10.8. The van der Waals surface area contributed by atoms with Crippen molar-refractivity contribution in [3.63, 3.8) is 0 Å². The minimum absolute atomic E-state index is 0.622. The molecule has 0 amide bonds. The van der Waals surface area contributed by atoms with Crippen LogP contribution in [0.15, 0.2) is 12.4 Å². The molecule has 0 radical (unpaired) electrons. The van der Waals surface area contributed by atoms with Crippen LogP contribution in [0.2, 0.25) is 0 Å². The highest BCUT2D eigenvalue weighted by Gasteiger charge is 2.23. The summed E-state index contributed by atoms with van der Waals surface area (Å²) in [5, 5.41) is 0. The van der Waals surface area contributed by atoms with Gasteiger partial charge in [0.2, 0.25) is 0 Å². The van der Waals surface area contributed by atoms with Gasteiger partial charge in [0.05, 0.1) is 0 Å². The lowest BCUT2D eigenvalue weighted by Gasteiger charge is -2.32. The Kier molecular flexibility index (Phi) is 22.2. The third-order valence-corrected chi connectivity index (χ3v) is 7.87. The average molecular weight is 477 g/mol. The Morgan fingerprint density at radius 3 is 0.912 bits per heavy atom. The van der Waals surface area contributed by atoms with Gasteiger partial charge in [0, 0.05) is 25.5 Å². The second-order valence-corrected chi connectivity index (χ2v) is 11.1. The molecule has 0 saturated heterocycles. The molecule has 1 atom stereocenters. The topological polar surface area (TPSA) is 6.48 Å². The van der Waals surface area contributed by atoms with E-state index >= 15 is 0 Å². The molecule has 1 aliphatic rings. The van der Waals surface area contributed by atoms with Gasteiger partial charge in [-0.05, 0) is 19.3 Å². The average Bonchev–Trinajstić information content (AvgIpc) is 3.24. The van der Waals surface area contributed by atoms with Crippen LogP contribution in [0.4, 0.5) is 0 Å². The van der Waals surface area contributed by atoms with E-state index in [0.717, 1.165) is 0 Å². The molecule has 34 heavy (non-hydrogen) atoms. The van der Waals surface area contributed by atoms with Crippen LogP contribution in [0.3, 0.4) is 0 Å². The maximum Gasteiger partial charge on any atom is 0.100 e. The molecule has 1 heterocycles. The summed E-state index contributed by atoms with van der Waals surface area (Å²) in [5.74, 6) is 0. The van der Waals surface area contributed by atoms with Crippen molar-refractivity contribution in [2.24, 2.45) is 0 Å². The van der Waals surface area contributed by atoms with E-state index in [2.05, 4.69) is 43.0 Å². The van der Waals surface area contributed by atoms with Crippen LogP contribution < -0.4 is 0 Å². The fraction of sp³-hybridized carbons (Fsp3) is 0.938. The molecule has 0 aliphatic carbocycles. The lowest BCUT2D eigenvalue weighted by Crippen LogP contribution is -2.38. The standard InChI is InChI=1S/C32H64N2/c1-4-7-9-11-13-14-15-16-17-18-19-20-21-23-25-27-29-34-31-30-33(32(34)6-3)28-26-24-22-12-10-8-5-2/h30-32H,4-29H2,1-3H3. The molecular formula is C32H64N2. The first-order valence-corrected chi connectivity index (χ1v) is 16.0. The number of hydrogen-bond donors (Lipinski definition) is 0. The molecule has 0 bridgehead atoms. The summed E-state index contributed by atoms with van der Waals surface area (Å²) in [4.78, 5) is 5.23. The monoisotopic (exact) mass is 477 g/mol. The summed E-state index contributed by atoms with van der Waals surface area (Å²) < 4.78 is 0. The minimum Gasteiger partial charge on any atom is -0.356 e. The Bertz CT molecular complexity index is 433. The highest BCUT2D eigenvalue weighted by atomic mass is 15.4. The molecular weight excluding hydrogens is 412 g/mol. The van der Waals surface area contributed by atoms with Gasteiger partial charge in [-0.25, -0.2) is 0 Å². The third-order valence-electron chi connectivity index (χ3n) is 7.87. The molecule has 2 heteroatoms. The zero-order chi connectivity index (χ0) is 24.5. The fourth-order valence-corrected chi connectivity index (χ4v) is 5.57. The number of hydrogen-bond acceptors (Lipinski definition) is 2. The lowest BCUT2D eigenvalue weighted by atomic mass is 10.0. The van der Waals surface area contributed by atoms with Gasteiger partial charge >= 0.3 is 0 Å². The van der Waals surface area contributed by atoms with Crippen LogP contribution in [0.5, 0.6) is 0 Å². The first kappa shape index (κ1) is 31.4. The molecule has 202 valence electrons. The summed E-state index contributed by atoms with van der Waals surface area (Å²) >= 11 is 0. The molecule has 0 aromatic carbocycles. The first-order chi connectivity index (χ1) is 16.8. The smallest absolute Gasteiger partial charge is 0.100 e. The van der Waals surface area contributed by atoms with E-state index in [1.54, 1.807) is 0 Å². The zero-order valence-electron chi connectivity index (χ0n) is 24.0. The SMILES string of the molecule is CCCCCCCCCCCCCCCCCCN1C=CN(CCCCCCCCC)C1CC. The van der Waals surface area contributed by atoms with E-state index in [1.165, 1.54) is 167 Å². The van der Waals surface area contributed by atoms with Crippen LogP contribution in [0.25, 0.3) is 0 Å². The zero-order valence-corrected chi connectivity index (χ0v) is 24.0. The quantitative estimate of drug-likeness (QED) is 0.114. The van der Waals surface area contributed by atoms with Crippen LogP contribution in [0, 0.1) is 0 Å². The Labute approximate surface area is 216 Å². The molecule has 0 aromatic heterocycles. The van der Waals surface area contributed by atoms with Gasteiger partial charge in [0.1, 0.15) is 6.17 Å². The fourth-order valence-electron chi connectivity index (χ4n) is 5.57. The van der Waals surface area contributed by atoms with Gasteiger partial charge in [0.25, 0.3) is 0 Å². The Balaban J connectivity index is 1.89. The van der Waals surface area contributed by atoms with Crippen molar-refractivity contribution >= 4 is 0 Å². The Morgan fingerprint density at radius 2 is 0.647 bits per heavy atom. The predicted molar refractivity (Wildman–Crippen MR) is 154 cm³/mol. The highest BCUT2D eigenvalue weighted by Crippen LogP contribution is 2.21. The molecule has 0 fully saturated rings. The molecule has 0 saturated carbocycles. The van der Waals surface area contributed by atoms with Crippen molar-refractivity contribution in [1.82, 2.24) is 9.80 Å². The lowest BCUT2D eigenvalue weighted by molar-refractivity contribution is 0.144. The molecule has 2 nitrogen and oxygen atoms in total. The summed E-state index contributed by atoms with van der Waals surface area (Å²) in [7, 11) is 0. The number of nitrogens with zero attached hydrogens (tertiary/aromatic N) is 2. The normalized spacial score (nSPS) is 15.7. The molecule has 0 spiro atoms. The van der Waals surface area contributed by atoms with Crippen LogP contribution in [-0.2, 0) is 0 Å². The van der Waals surface area contributed by atoms with Crippen molar-refractivity contribution in [1.29, 1.82) is 0 Å². The summed E-state index contributed by atoms with van der Waals surface area (Å²) in [5.41, 5.74) is 0. The minimum atomic E-state index is 0.622. The molecule has 1 rings (SSSR count). The van der Waals surface area contributed by atoms with Gasteiger partial charge in [-0.2, -0.15) is 0 Å². The van der Waals surface area contributed by atoms with Crippen LogP contribution >= 0.6 is 0 Å². The van der Waals surface area contributed by atoms with E-state index in [9.17, 15) is 0 Å². The van der Waals surface area contributed by atoms with Crippen molar-refractivity contribution in [2.75, 3.05) is 13.1 Å². The highest BCUT2D eigenvalue weighted by molar-refractivity contribution is 4.96. The van der Waals surface area contributed by atoms with Crippen LogP contribution in [-0.4, -0.2) is 29.1 Å². The van der Waals surface area contributed by atoms with Gasteiger partial charge in [-0.1, -0.05) is 156 Å². The maximum atomic E-state index is 2.62. The van der Waals surface area contributed by atoms with Crippen molar-refractivity contribution in [3.05, 3.63) is 12.4 Å². The number of rotatable bonds is 26. The Hall–Kier alpha value is -0.660. The Morgan fingerprint density at radius 1 is 0.382 bits per heavy atom. The second-order valence-electron chi connectivity index (χ2n) is 11.1. The molecule has 0 N–H and O–H groups in total. The summed E-state index contributed by atoms with van der Waals surface area (Å²) in [6.45, 7) is 9.46. The largest absolute Gasteiger partial charge is 0.356 e. The van der Waals surface area contributed by atoms with E-state index in [0.29, 0.717) is 6.17 Å². The summed E-state index contributed by atoms with van der Waals surface area (Å²) in [6.07, 6.45) is 39.6. The second kappa shape index (κ2) is 24.1. The van der Waals surface area contributed by atoms with E-state index in [-0.39, 0.29) is 0 Å². The first-order valence-electron chi connectivity index (χ1n) is 16.0. The van der Waals surface area contributed by atoms with Crippen molar-refractivity contribution in [2.45, 2.75) is 181 Å². The van der Waals surface area contributed by atoms with Gasteiger partial charge in [0.15, 0.2) is 0 Å². The van der Waals surface area contributed by atoms with Gasteiger partial charge in [-0.15, -0.1) is 0 Å². The van der Waals surface area contributed by atoms with Crippen LogP contribution in [0.1, 0.15) is 175 Å². The van der Waals surface area contributed by atoms with E-state index < -0.39 is 0 Å². The third kappa shape index (κ3) is 16.9. The molecule has 1 aliphatic heterocycles. The molecule has 1 unspecified atom stereocenters.